The number of nitrogens with one attached hydrogen (secondary N) is 2. The maximum atomic E-state index is 6.17. The summed E-state index contributed by atoms with van der Waals surface area (Å²) in [6.07, 6.45) is 9.16. The van der Waals surface area contributed by atoms with Crippen LogP contribution in [0, 0.1) is 5.41 Å². The van der Waals surface area contributed by atoms with Gasteiger partial charge in [-0.2, -0.15) is 4.98 Å². The molecule has 2 aromatic heterocycles. The van der Waals surface area contributed by atoms with Crippen LogP contribution >= 0.6 is 0 Å². The van der Waals surface area contributed by atoms with E-state index in [9.17, 15) is 0 Å². The van der Waals surface area contributed by atoms with Crippen molar-refractivity contribution in [2.45, 2.75) is 58.1 Å². The molecule has 2 heterocycles. The van der Waals surface area contributed by atoms with Crippen molar-refractivity contribution < 1.29 is 9.47 Å². The van der Waals surface area contributed by atoms with E-state index in [1.807, 2.05) is 30.5 Å². The lowest BCUT2D eigenvalue weighted by molar-refractivity contribution is 0.0383. The predicted octanol–water partition coefficient (Wildman–Crippen LogP) is 5.35. The van der Waals surface area contributed by atoms with Crippen LogP contribution in [0.4, 0.5) is 23.1 Å². The van der Waals surface area contributed by atoms with Gasteiger partial charge in [0.2, 0.25) is 5.95 Å². The minimum atomic E-state index is 0.223. The van der Waals surface area contributed by atoms with E-state index >= 15 is 0 Å². The number of hydrogen-bond acceptors (Lipinski definition) is 8. The van der Waals surface area contributed by atoms with E-state index in [2.05, 4.69) is 59.5 Å². The van der Waals surface area contributed by atoms with Gasteiger partial charge in [0.05, 0.1) is 19.0 Å². The summed E-state index contributed by atoms with van der Waals surface area (Å²) in [6.45, 7) is 4.62. The van der Waals surface area contributed by atoms with Crippen molar-refractivity contribution in [2.75, 3.05) is 31.8 Å². The number of ether oxygens (including phenoxy) is 2. The van der Waals surface area contributed by atoms with Crippen molar-refractivity contribution in [3.8, 4) is 11.5 Å². The minimum absolute atomic E-state index is 0.223. The van der Waals surface area contributed by atoms with Crippen molar-refractivity contribution in [1.29, 1.82) is 0 Å². The van der Waals surface area contributed by atoms with Gasteiger partial charge in [0.15, 0.2) is 11.5 Å². The Balaban J connectivity index is 1.24. The number of anilines is 4. The highest BCUT2D eigenvalue weighted by Gasteiger charge is 2.32. The minimum Gasteiger partial charge on any atom is -0.493 e. The topological polar surface area (TPSA) is 84.4 Å². The quantitative estimate of drug-likeness (QED) is 0.439. The van der Waals surface area contributed by atoms with E-state index in [4.69, 9.17) is 14.5 Å². The Morgan fingerprint density at radius 2 is 1.83 bits per heavy atom. The smallest absolute Gasteiger partial charge is 0.229 e. The molecule has 5 rings (SSSR count). The van der Waals surface area contributed by atoms with Gasteiger partial charge < -0.3 is 25.0 Å². The first-order chi connectivity index (χ1) is 17.3. The first-order valence-corrected chi connectivity index (χ1v) is 12.6. The van der Waals surface area contributed by atoms with Gasteiger partial charge in [0, 0.05) is 29.7 Å². The lowest BCUT2D eigenvalue weighted by atomic mass is 9.76. The normalized spacial score (nSPS) is 20.3. The molecule has 0 saturated heterocycles. The van der Waals surface area contributed by atoms with E-state index in [1.165, 1.54) is 17.7 Å². The molecule has 0 unspecified atom stereocenters. The van der Waals surface area contributed by atoms with Crippen LogP contribution in [0.15, 0.2) is 42.7 Å². The zero-order valence-corrected chi connectivity index (χ0v) is 21.8. The highest BCUT2D eigenvalue weighted by atomic mass is 16.5. The highest BCUT2D eigenvalue weighted by Crippen LogP contribution is 2.37. The van der Waals surface area contributed by atoms with Gasteiger partial charge in [-0.3, -0.25) is 4.98 Å². The number of nitrogens with zero attached hydrogens (tertiary/aromatic N) is 4. The van der Waals surface area contributed by atoms with Crippen LogP contribution in [0.25, 0.3) is 0 Å². The van der Waals surface area contributed by atoms with Gasteiger partial charge in [-0.1, -0.05) is 13.8 Å². The molecule has 8 nitrogen and oxygen atoms in total. The van der Waals surface area contributed by atoms with Gasteiger partial charge >= 0.3 is 0 Å². The van der Waals surface area contributed by atoms with Crippen LogP contribution in [0.5, 0.6) is 11.5 Å². The molecular formula is C28H36N6O2. The second-order valence-electron chi connectivity index (χ2n) is 10.9. The fourth-order valence-corrected chi connectivity index (χ4v) is 4.84. The SMILES string of the molecule is COc1cc(Nc2nccc(Nc3cnc4c(c3)CCC(C)(C)C4)n2)ccc1OC1CC(N(C)C)C1. The summed E-state index contributed by atoms with van der Waals surface area (Å²) in [5.41, 5.74) is 4.61. The van der Waals surface area contributed by atoms with Crippen LogP contribution in [-0.2, 0) is 12.8 Å². The van der Waals surface area contributed by atoms with Gasteiger partial charge in [-0.05, 0) is 81.4 Å². The Labute approximate surface area is 213 Å². The van der Waals surface area contributed by atoms with Crippen LogP contribution in [0.2, 0.25) is 0 Å². The predicted molar refractivity (Wildman–Crippen MR) is 143 cm³/mol. The zero-order chi connectivity index (χ0) is 25.3. The second kappa shape index (κ2) is 9.93. The molecule has 2 aliphatic rings. The van der Waals surface area contributed by atoms with E-state index in [0.29, 0.717) is 29.0 Å². The number of fused-ring (bicyclic) bond motifs is 1. The molecule has 2 aliphatic carbocycles. The Bertz CT molecular complexity index is 1220. The van der Waals surface area contributed by atoms with E-state index in [1.54, 1.807) is 13.3 Å². The summed E-state index contributed by atoms with van der Waals surface area (Å²) < 4.78 is 11.8. The first-order valence-electron chi connectivity index (χ1n) is 12.6. The molecule has 0 atom stereocenters. The monoisotopic (exact) mass is 488 g/mol. The van der Waals surface area contributed by atoms with E-state index < -0.39 is 0 Å². The molecule has 1 aromatic carbocycles. The largest absolute Gasteiger partial charge is 0.493 e. The number of rotatable bonds is 8. The third-order valence-electron chi connectivity index (χ3n) is 7.22. The number of hydrogen-bond donors (Lipinski definition) is 2. The summed E-state index contributed by atoms with van der Waals surface area (Å²) in [7, 11) is 5.88. The zero-order valence-electron chi connectivity index (χ0n) is 21.8. The molecule has 190 valence electrons. The molecule has 36 heavy (non-hydrogen) atoms. The average molecular weight is 489 g/mol. The fraction of sp³-hybridized carbons (Fsp3) is 0.464. The third-order valence-corrected chi connectivity index (χ3v) is 7.22. The summed E-state index contributed by atoms with van der Waals surface area (Å²) >= 11 is 0. The van der Waals surface area contributed by atoms with Gasteiger partial charge in [-0.25, -0.2) is 4.98 Å². The van der Waals surface area contributed by atoms with Crippen molar-refractivity contribution in [3.63, 3.8) is 0 Å². The summed E-state index contributed by atoms with van der Waals surface area (Å²) in [4.78, 5) is 16.0. The van der Waals surface area contributed by atoms with E-state index in [-0.39, 0.29) is 6.10 Å². The highest BCUT2D eigenvalue weighted by molar-refractivity contribution is 5.62. The van der Waals surface area contributed by atoms with Crippen molar-refractivity contribution in [1.82, 2.24) is 19.9 Å². The molecule has 1 saturated carbocycles. The molecular weight excluding hydrogens is 452 g/mol. The van der Waals surface area contributed by atoms with Gasteiger partial charge in [0.1, 0.15) is 11.9 Å². The van der Waals surface area contributed by atoms with Gasteiger partial charge in [0.25, 0.3) is 0 Å². The van der Waals surface area contributed by atoms with Crippen molar-refractivity contribution in [2.24, 2.45) is 5.41 Å². The molecule has 0 radical (unpaired) electrons. The van der Waals surface area contributed by atoms with Crippen LogP contribution in [0.1, 0.15) is 44.4 Å². The number of benzene rings is 1. The van der Waals surface area contributed by atoms with Crippen LogP contribution in [-0.4, -0.2) is 53.2 Å². The van der Waals surface area contributed by atoms with Crippen molar-refractivity contribution in [3.05, 3.63) is 54.0 Å². The molecule has 8 heteroatoms. The maximum absolute atomic E-state index is 6.17. The molecule has 0 spiro atoms. The molecule has 1 fully saturated rings. The third kappa shape index (κ3) is 5.54. The Morgan fingerprint density at radius 3 is 2.61 bits per heavy atom. The molecule has 0 bridgehead atoms. The Morgan fingerprint density at radius 1 is 1.00 bits per heavy atom. The second-order valence-corrected chi connectivity index (χ2v) is 10.9. The Hall–Kier alpha value is -3.39. The van der Waals surface area contributed by atoms with Crippen LogP contribution < -0.4 is 20.1 Å². The number of aromatic nitrogens is 3. The van der Waals surface area contributed by atoms with E-state index in [0.717, 1.165) is 42.8 Å². The summed E-state index contributed by atoms with van der Waals surface area (Å²) in [5.74, 6) is 2.64. The Kier molecular flexibility index (Phi) is 6.71. The standard InChI is InChI=1S/C28H36N6O2/c1-28(2)10-8-18-12-20(17-30-23(18)16-28)31-26-9-11-29-27(33-26)32-19-6-7-24(25(13-19)35-5)36-22-14-21(15-22)34(3)4/h6-7,9,11-13,17,21-22H,8,10,14-16H2,1-5H3,(H2,29,31,32,33). The first kappa shape index (κ1) is 24.3. The van der Waals surface area contributed by atoms with Crippen molar-refractivity contribution >= 4 is 23.1 Å². The van der Waals surface area contributed by atoms with Gasteiger partial charge in [-0.15, -0.1) is 0 Å². The molecule has 2 N–H and O–H groups in total. The average Bonchev–Trinajstić information content (AvgIpc) is 2.81. The summed E-state index contributed by atoms with van der Waals surface area (Å²) in [5, 5.41) is 6.65. The lowest BCUT2D eigenvalue weighted by Crippen LogP contribution is -2.46. The number of pyridine rings is 1. The number of methoxy groups -OCH3 is 1. The molecule has 3 aromatic rings. The van der Waals surface area contributed by atoms with Crippen LogP contribution in [0.3, 0.4) is 0 Å². The summed E-state index contributed by atoms with van der Waals surface area (Å²) in [6, 6.07) is 10.4. The lowest BCUT2D eigenvalue weighted by Gasteiger charge is -2.39. The molecule has 0 aliphatic heterocycles. The maximum Gasteiger partial charge on any atom is 0.229 e. The number of aryl methyl sites for hydroxylation is 1. The fourth-order valence-electron chi connectivity index (χ4n) is 4.84. The molecule has 0 amide bonds.